The molecule has 0 saturated carbocycles. The molecule has 1 N–H and O–H groups in total. The third-order valence-electron chi connectivity index (χ3n) is 3.60. The summed E-state index contributed by atoms with van der Waals surface area (Å²) in [5.41, 5.74) is 0.710. The maximum absolute atomic E-state index is 13.6. The van der Waals surface area contributed by atoms with Crippen molar-refractivity contribution in [3.8, 4) is 0 Å². The van der Waals surface area contributed by atoms with Crippen molar-refractivity contribution in [3.63, 3.8) is 0 Å². The first-order chi connectivity index (χ1) is 8.27. The molecule has 0 spiro atoms. The van der Waals surface area contributed by atoms with Crippen LogP contribution < -0.4 is 10.2 Å². The predicted octanol–water partition coefficient (Wildman–Crippen LogP) is 3.07. The Morgan fingerprint density at radius 2 is 1.94 bits per heavy atom. The molecule has 0 aliphatic carbocycles. The fraction of sp³-hybridized carbons (Fsp3) is 0.571. The molecule has 0 radical (unpaired) electrons. The van der Waals surface area contributed by atoms with Gasteiger partial charge in [-0.3, -0.25) is 0 Å². The van der Waals surface area contributed by atoms with Gasteiger partial charge in [-0.25, -0.2) is 4.39 Å². The molecule has 0 aromatic heterocycles. The highest BCUT2D eigenvalue weighted by atomic mass is 35.5. The molecule has 2 rings (SSSR count). The molecule has 1 heterocycles. The average Bonchev–Trinajstić information content (AvgIpc) is 2.38. The van der Waals surface area contributed by atoms with Crippen LogP contribution in [-0.4, -0.2) is 26.7 Å². The van der Waals surface area contributed by atoms with Gasteiger partial charge in [0.15, 0.2) is 0 Å². The monoisotopic (exact) mass is 272 g/mol. The van der Waals surface area contributed by atoms with Gasteiger partial charge < -0.3 is 10.2 Å². The highest BCUT2D eigenvalue weighted by Gasteiger charge is 2.14. The summed E-state index contributed by atoms with van der Waals surface area (Å²) in [7, 11) is 1.97. The number of hydrogen-bond donors (Lipinski definition) is 1. The Balaban J connectivity index is 0.00000162. The van der Waals surface area contributed by atoms with E-state index in [4.69, 9.17) is 0 Å². The maximum Gasteiger partial charge on any atom is 0.146 e. The SMILES string of the molecule is CN(CCC1CCNCC1)c1ccccc1F.Cl. The fourth-order valence-electron chi connectivity index (χ4n) is 2.43. The summed E-state index contributed by atoms with van der Waals surface area (Å²) >= 11 is 0. The summed E-state index contributed by atoms with van der Waals surface area (Å²) in [5.74, 6) is 0.672. The van der Waals surface area contributed by atoms with Crippen LogP contribution >= 0.6 is 12.4 Å². The van der Waals surface area contributed by atoms with E-state index in [2.05, 4.69) is 5.32 Å². The van der Waals surface area contributed by atoms with Crippen LogP contribution in [0.25, 0.3) is 0 Å². The molecule has 1 aromatic rings. The summed E-state index contributed by atoms with van der Waals surface area (Å²) in [4.78, 5) is 2.03. The van der Waals surface area contributed by atoms with Crippen molar-refractivity contribution in [2.45, 2.75) is 19.3 Å². The first-order valence-electron chi connectivity index (χ1n) is 6.44. The number of nitrogens with zero attached hydrogens (tertiary/aromatic N) is 1. The second kappa shape index (κ2) is 7.59. The molecule has 1 aromatic carbocycles. The molecule has 1 saturated heterocycles. The lowest BCUT2D eigenvalue weighted by molar-refractivity contribution is 0.356. The van der Waals surface area contributed by atoms with E-state index in [-0.39, 0.29) is 18.2 Å². The third kappa shape index (κ3) is 4.14. The van der Waals surface area contributed by atoms with Crippen molar-refractivity contribution in [2.24, 2.45) is 5.92 Å². The highest BCUT2D eigenvalue weighted by Crippen LogP contribution is 2.20. The molecule has 1 aliphatic heterocycles. The zero-order valence-electron chi connectivity index (χ0n) is 10.9. The first-order valence-corrected chi connectivity index (χ1v) is 6.44. The van der Waals surface area contributed by atoms with Crippen LogP contribution in [0.1, 0.15) is 19.3 Å². The van der Waals surface area contributed by atoms with E-state index in [0.717, 1.165) is 32.0 Å². The van der Waals surface area contributed by atoms with E-state index in [9.17, 15) is 4.39 Å². The van der Waals surface area contributed by atoms with E-state index in [1.54, 1.807) is 6.07 Å². The van der Waals surface area contributed by atoms with Crippen LogP contribution in [0.2, 0.25) is 0 Å². The second-order valence-corrected chi connectivity index (χ2v) is 4.86. The number of rotatable bonds is 4. The minimum absolute atomic E-state index is 0. The molecule has 4 heteroatoms. The Kier molecular flexibility index (Phi) is 6.44. The lowest BCUT2D eigenvalue weighted by Gasteiger charge is -2.26. The summed E-state index contributed by atoms with van der Waals surface area (Å²) in [6, 6.07) is 6.99. The molecule has 1 aliphatic rings. The zero-order valence-corrected chi connectivity index (χ0v) is 11.7. The Labute approximate surface area is 115 Å². The fourth-order valence-corrected chi connectivity index (χ4v) is 2.43. The summed E-state index contributed by atoms with van der Waals surface area (Å²) in [6.07, 6.45) is 3.67. The van der Waals surface area contributed by atoms with Crippen LogP contribution in [0.15, 0.2) is 24.3 Å². The van der Waals surface area contributed by atoms with Crippen molar-refractivity contribution in [1.29, 1.82) is 0 Å². The molecule has 18 heavy (non-hydrogen) atoms. The third-order valence-corrected chi connectivity index (χ3v) is 3.60. The Hall–Kier alpha value is -0.800. The first kappa shape index (κ1) is 15.3. The van der Waals surface area contributed by atoms with E-state index in [1.165, 1.54) is 18.9 Å². The molecular formula is C14H22ClFN2. The summed E-state index contributed by atoms with van der Waals surface area (Å²) < 4.78 is 13.6. The largest absolute Gasteiger partial charge is 0.372 e. The van der Waals surface area contributed by atoms with Crippen molar-refractivity contribution < 1.29 is 4.39 Å². The van der Waals surface area contributed by atoms with Gasteiger partial charge in [-0.2, -0.15) is 0 Å². The van der Waals surface area contributed by atoms with Gasteiger partial charge in [0.25, 0.3) is 0 Å². The molecule has 0 amide bonds. The molecule has 0 bridgehead atoms. The average molecular weight is 273 g/mol. The van der Waals surface area contributed by atoms with Gasteiger partial charge in [-0.15, -0.1) is 12.4 Å². The van der Waals surface area contributed by atoms with Crippen LogP contribution in [0.3, 0.4) is 0 Å². The Bertz CT molecular complexity index is 353. The van der Waals surface area contributed by atoms with Gasteiger partial charge in [0.05, 0.1) is 5.69 Å². The van der Waals surface area contributed by atoms with Gasteiger partial charge in [-0.1, -0.05) is 12.1 Å². The van der Waals surface area contributed by atoms with Gasteiger partial charge in [0.1, 0.15) is 5.82 Å². The number of benzene rings is 1. The molecule has 0 atom stereocenters. The zero-order chi connectivity index (χ0) is 12.1. The number of anilines is 1. The molecule has 2 nitrogen and oxygen atoms in total. The van der Waals surface area contributed by atoms with Crippen LogP contribution in [0.5, 0.6) is 0 Å². The summed E-state index contributed by atoms with van der Waals surface area (Å²) in [6.45, 7) is 3.20. The van der Waals surface area contributed by atoms with Gasteiger partial charge in [0.2, 0.25) is 0 Å². The van der Waals surface area contributed by atoms with Crippen LogP contribution in [0, 0.1) is 11.7 Å². The minimum atomic E-state index is -0.125. The van der Waals surface area contributed by atoms with Crippen LogP contribution in [-0.2, 0) is 0 Å². The normalized spacial score (nSPS) is 16.1. The van der Waals surface area contributed by atoms with Crippen molar-refractivity contribution in [3.05, 3.63) is 30.1 Å². The quantitative estimate of drug-likeness (QED) is 0.906. The van der Waals surface area contributed by atoms with Crippen molar-refractivity contribution in [2.75, 3.05) is 31.6 Å². The number of para-hydroxylation sites is 1. The van der Waals surface area contributed by atoms with Crippen LogP contribution in [0.4, 0.5) is 10.1 Å². The molecule has 102 valence electrons. The topological polar surface area (TPSA) is 15.3 Å². The lowest BCUT2D eigenvalue weighted by atomic mass is 9.94. The molecular weight excluding hydrogens is 251 g/mol. The smallest absolute Gasteiger partial charge is 0.146 e. The van der Waals surface area contributed by atoms with E-state index >= 15 is 0 Å². The predicted molar refractivity (Wildman–Crippen MR) is 77.1 cm³/mol. The van der Waals surface area contributed by atoms with Crippen molar-refractivity contribution in [1.82, 2.24) is 5.32 Å². The highest BCUT2D eigenvalue weighted by molar-refractivity contribution is 5.85. The van der Waals surface area contributed by atoms with E-state index in [1.807, 2.05) is 24.1 Å². The van der Waals surface area contributed by atoms with E-state index < -0.39 is 0 Å². The standard InChI is InChI=1S/C14H21FN2.ClH/c1-17(14-5-3-2-4-13(14)15)11-8-12-6-9-16-10-7-12;/h2-5,12,16H,6-11H2,1H3;1H. The number of halogens is 2. The minimum Gasteiger partial charge on any atom is -0.372 e. The van der Waals surface area contributed by atoms with Gasteiger partial charge in [-0.05, 0) is 50.4 Å². The number of piperidine rings is 1. The van der Waals surface area contributed by atoms with Crippen molar-refractivity contribution >= 4 is 18.1 Å². The summed E-state index contributed by atoms with van der Waals surface area (Å²) in [5, 5.41) is 3.37. The molecule has 0 unspecified atom stereocenters. The number of hydrogen-bond acceptors (Lipinski definition) is 2. The van der Waals surface area contributed by atoms with Gasteiger partial charge in [0, 0.05) is 13.6 Å². The van der Waals surface area contributed by atoms with E-state index in [0.29, 0.717) is 5.69 Å². The number of nitrogens with one attached hydrogen (secondary N) is 1. The van der Waals surface area contributed by atoms with Gasteiger partial charge >= 0.3 is 0 Å². The second-order valence-electron chi connectivity index (χ2n) is 4.86. The lowest BCUT2D eigenvalue weighted by Crippen LogP contribution is -2.30. The molecule has 1 fully saturated rings. The Morgan fingerprint density at radius 3 is 2.61 bits per heavy atom. The maximum atomic E-state index is 13.6. The Morgan fingerprint density at radius 1 is 1.28 bits per heavy atom.